The summed E-state index contributed by atoms with van der Waals surface area (Å²) in [6.45, 7) is 10.7. The Bertz CT molecular complexity index is 1550. The van der Waals surface area contributed by atoms with Crippen LogP contribution in [0.25, 0.3) is 0 Å². The number of rotatable bonds is 8. The van der Waals surface area contributed by atoms with Crippen LogP contribution in [0.2, 0.25) is 0 Å². The van der Waals surface area contributed by atoms with Crippen molar-refractivity contribution in [2.24, 2.45) is 52.3 Å². The first-order chi connectivity index (χ1) is 29.4. The van der Waals surface area contributed by atoms with E-state index in [0.29, 0.717) is 41.4 Å². The first-order valence-corrected chi connectivity index (χ1v) is 23.7. The smallest absolute Gasteiger partial charge is 0.187 e. The van der Waals surface area contributed by atoms with Crippen LogP contribution in [0, 0.1) is 52.3 Å². The number of aliphatic hydroxyl groups excluding tert-OH is 9. The molecule has 0 radical (unpaired) electrons. The third-order valence-corrected chi connectivity index (χ3v) is 18.2. The topological polar surface area (TPSA) is 256 Å². The van der Waals surface area contributed by atoms with Crippen LogP contribution in [0.15, 0.2) is 0 Å². The van der Waals surface area contributed by atoms with E-state index in [1.54, 1.807) is 6.92 Å². The van der Waals surface area contributed by atoms with E-state index in [0.717, 1.165) is 45.1 Å². The number of hydrogen-bond donors (Lipinski definition) is 9. The third kappa shape index (κ3) is 7.56. The fourth-order valence-corrected chi connectivity index (χ4v) is 14.7. The lowest BCUT2D eigenvalue weighted by atomic mass is 9.44. The Balaban J connectivity index is 0.788. The molecule has 4 aliphatic carbocycles. The highest BCUT2D eigenvalue weighted by atomic mass is 16.8. The zero-order valence-electron chi connectivity index (χ0n) is 36.8. The van der Waals surface area contributed by atoms with Gasteiger partial charge in [0.15, 0.2) is 24.7 Å². The summed E-state index contributed by atoms with van der Waals surface area (Å²) < 4.78 is 48.9. The summed E-state index contributed by atoms with van der Waals surface area (Å²) in [6.07, 6.45) is -11.7. The van der Waals surface area contributed by atoms with Gasteiger partial charge in [-0.2, -0.15) is 0 Å². The second-order valence-electron chi connectivity index (χ2n) is 21.5. The second kappa shape index (κ2) is 17.4. The summed E-state index contributed by atoms with van der Waals surface area (Å²) >= 11 is 0. The zero-order chi connectivity index (χ0) is 44.2. The second-order valence-corrected chi connectivity index (χ2v) is 21.5. The summed E-state index contributed by atoms with van der Waals surface area (Å²) in [5.41, 5.74) is 0.445. The third-order valence-electron chi connectivity index (χ3n) is 18.2. The summed E-state index contributed by atoms with van der Waals surface area (Å²) in [7, 11) is 0. The number of fused-ring (bicyclic) bond motifs is 7. The molecule has 4 saturated carbocycles. The molecule has 0 amide bonds. The van der Waals surface area contributed by atoms with Crippen molar-refractivity contribution in [1.29, 1.82) is 0 Å². The number of aliphatic hydroxyl groups is 9. The minimum Gasteiger partial charge on any atom is -0.394 e. The van der Waals surface area contributed by atoms with Crippen LogP contribution >= 0.6 is 0 Å². The minimum absolute atomic E-state index is 0.172. The molecule has 1 spiro atoms. The maximum Gasteiger partial charge on any atom is 0.187 e. The molecular weight excluding hydrogens is 812 g/mol. The quantitative estimate of drug-likeness (QED) is 0.149. The fourth-order valence-electron chi connectivity index (χ4n) is 14.7. The van der Waals surface area contributed by atoms with Gasteiger partial charge in [-0.15, -0.1) is 0 Å². The standard InChI is InChI=1S/C45H74O17/c1-19-8-13-45(55-18-19)20(2)30-27(62-45)15-26-24-7-6-22-14-23(9-11-43(22,4)25(24)10-12-44(26,30)5)57-40-36(53)33(50)38(21(3)56-40)60-42-37(54)34(51)39(29(17-47)59-42)61-41-35(52)32(49)31(48)28(16-46)58-41/h19-42,46-54H,6-18H2,1-5H3/t19?,20?,21-,22?,23?,24?,25?,26?,27?,28+,29+,30?,31+,32-,33-,34+,35+,36+,37+,38-,39+,40-,41-,42-,43?,44?,45?/m0/s1. The van der Waals surface area contributed by atoms with Gasteiger partial charge in [0.2, 0.25) is 0 Å². The average Bonchev–Trinajstić information content (AvgIpc) is 3.70. The predicted molar refractivity (Wildman–Crippen MR) is 214 cm³/mol. The molecule has 0 aromatic heterocycles. The lowest BCUT2D eigenvalue weighted by Gasteiger charge is -2.61. The van der Waals surface area contributed by atoms with Crippen molar-refractivity contribution < 1.29 is 83.9 Å². The van der Waals surface area contributed by atoms with E-state index in [9.17, 15) is 46.0 Å². The molecule has 12 unspecified atom stereocenters. The molecule has 0 bridgehead atoms. The zero-order valence-corrected chi connectivity index (χ0v) is 36.8. The van der Waals surface area contributed by atoms with Gasteiger partial charge in [-0.05, 0) is 111 Å². The van der Waals surface area contributed by atoms with E-state index in [2.05, 4.69) is 27.7 Å². The lowest BCUT2D eigenvalue weighted by molar-refractivity contribution is -0.379. The van der Waals surface area contributed by atoms with Crippen LogP contribution in [0.1, 0.15) is 98.8 Å². The highest BCUT2D eigenvalue weighted by Crippen LogP contribution is 2.71. The highest BCUT2D eigenvalue weighted by Gasteiger charge is 2.69. The first-order valence-electron chi connectivity index (χ1n) is 23.7. The summed E-state index contributed by atoms with van der Waals surface area (Å²) in [5, 5.41) is 95.4. The van der Waals surface area contributed by atoms with Crippen molar-refractivity contribution >= 4 is 0 Å². The van der Waals surface area contributed by atoms with Gasteiger partial charge < -0.3 is 83.9 Å². The molecule has 17 heteroatoms. The van der Waals surface area contributed by atoms with E-state index in [1.807, 2.05) is 0 Å². The highest BCUT2D eigenvalue weighted by molar-refractivity contribution is 5.15. The molecule has 5 aliphatic heterocycles. The fraction of sp³-hybridized carbons (Fsp3) is 1.00. The average molecular weight is 887 g/mol. The Kier molecular flexibility index (Phi) is 13.1. The van der Waals surface area contributed by atoms with Crippen molar-refractivity contribution in [2.45, 2.75) is 209 Å². The summed E-state index contributed by atoms with van der Waals surface area (Å²) in [5.74, 6) is 3.55. The van der Waals surface area contributed by atoms with Crippen LogP contribution in [0.3, 0.4) is 0 Å². The van der Waals surface area contributed by atoms with Crippen LogP contribution < -0.4 is 0 Å². The molecule has 0 aromatic carbocycles. The number of ether oxygens (including phenoxy) is 8. The molecule has 27 atom stereocenters. The van der Waals surface area contributed by atoms with Gasteiger partial charge in [-0.1, -0.05) is 27.7 Å². The SMILES string of the molecule is CC1CCC2(OC1)OC1CC3C4CCC5CC(O[C@@H]6O[C@@H](C)[C@H](O[C@@H]7O[C@H](CO)[C@@H](O[C@@H]8O[C@H](CO)[C@@H](O)[C@H](O)[C@H]8O)[C@H](O)[C@H]7O)[C@@H](O)[C@H]6O)CCC5(C)C4CCC3(C)C1C2C. The lowest BCUT2D eigenvalue weighted by Crippen LogP contribution is -2.66. The largest absolute Gasteiger partial charge is 0.394 e. The molecule has 9 rings (SSSR count). The van der Waals surface area contributed by atoms with Crippen molar-refractivity contribution in [3.63, 3.8) is 0 Å². The summed E-state index contributed by atoms with van der Waals surface area (Å²) in [4.78, 5) is 0. The Labute approximate surface area is 364 Å². The van der Waals surface area contributed by atoms with Gasteiger partial charge in [0.25, 0.3) is 0 Å². The molecule has 5 heterocycles. The van der Waals surface area contributed by atoms with Gasteiger partial charge in [-0.3, -0.25) is 0 Å². The molecule has 0 aromatic rings. The van der Waals surface area contributed by atoms with Gasteiger partial charge in [-0.25, -0.2) is 0 Å². The van der Waals surface area contributed by atoms with Gasteiger partial charge in [0.1, 0.15) is 67.1 Å². The molecule has 356 valence electrons. The van der Waals surface area contributed by atoms with Crippen LogP contribution in [-0.4, -0.2) is 176 Å². The van der Waals surface area contributed by atoms with Gasteiger partial charge >= 0.3 is 0 Å². The van der Waals surface area contributed by atoms with Crippen LogP contribution in [0.4, 0.5) is 0 Å². The van der Waals surface area contributed by atoms with Crippen LogP contribution in [0.5, 0.6) is 0 Å². The van der Waals surface area contributed by atoms with E-state index in [-0.39, 0.29) is 23.0 Å². The monoisotopic (exact) mass is 886 g/mol. The molecule has 9 aliphatic rings. The Hall–Kier alpha value is -0.680. The molecule has 62 heavy (non-hydrogen) atoms. The summed E-state index contributed by atoms with van der Waals surface area (Å²) in [6, 6.07) is 0. The van der Waals surface area contributed by atoms with E-state index in [1.165, 1.54) is 25.7 Å². The van der Waals surface area contributed by atoms with Crippen molar-refractivity contribution in [3.8, 4) is 0 Å². The number of hydrogen-bond acceptors (Lipinski definition) is 17. The first kappa shape index (κ1) is 46.4. The normalized spacial score (nSPS) is 58.9. The maximum absolute atomic E-state index is 11.4. The predicted octanol–water partition coefficient (Wildman–Crippen LogP) is 0.294. The van der Waals surface area contributed by atoms with Gasteiger partial charge in [0.05, 0.1) is 38.1 Å². The molecule has 17 nitrogen and oxygen atoms in total. The van der Waals surface area contributed by atoms with Gasteiger partial charge in [0, 0.05) is 12.3 Å². The molecule has 5 saturated heterocycles. The van der Waals surface area contributed by atoms with E-state index < -0.39 is 111 Å². The minimum atomic E-state index is -1.82. The Morgan fingerprint density at radius 3 is 1.89 bits per heavy atom. The Morgan fingerprint density at radius 1 is 0.581 bits per heavy atom. The van der Waals surface area contributed by atoms with Crippen molar-refractivity contribution in [3.05, 3.63) is 0 Å². The molecule has 9 fully saturated rings. The van der Waals surface area contributed by atoms with E-state index in [4.69, 9.17) is 37.9 Å². The Morgan fingerprint density at radius 2 is 1.21 bits per heavy atom. The van der Waals surface area contributed by atoms with E-state index >= 15 is 0 Å². The van der Waals surface area contributed by atoms with Crippen molar-refractivity contribution in [1.82, 2.24) is 0 Å². The molecular formula is C45H74O17. The maximum atomic E-state index is 11.4. The van der Waals surface area contributed by atoms with Crippen LogP contribution in [-0.2, 0) is 37.9 Å². The molecule has 9 N–H and O–H groups in total. The van der Waals surface area contributed by atoms with Crippen molar-refractivity contribution in [2.75, 3.05) is 19.8 Å².